The molecule has 0 unspecified atom stereocenters. The normalized spacial score (nSPS) is 12.4. The third kappa shape index (κ3) is 4.86. The summed E-state index contributed by atoms with van der Waals surface area (Å²) in [5.74, 6) is 0. The number of fused-ring (bicyclic) bond motifs is 9. The zero-order valence-corrected chi connectivity index (χ0v) is 33.1. The van der Waals surface area contributed by atoms with Crippen molar-refractivity contribution in [2.24, 2.45) is 0 Å². The number of thiophene rings is 1. The Kier molecular flexibility index (Phi) is 7.52. The maximum absolute atomic E-state index is 2.49. The maximum atomic E-state index is 2.49. The van der Waals surface area contributed by atoms with Crippen LogP contribution in [0, 0.1) is 0 Å². The number of hydrogen-bond donors (Lipinski definition) is 0. The smallest absolute Gasteiger partial charge is 0.0555 e. The van der Waals surface area contributed by atoms with Gasteiger partial charge >= 0.3 is 0 Å². The highest BCUT2D eigenvalue weighted by atomic mass is 32.3. The Labute approximate surface area is 341 Å². The van der Waals surface area contributed by atoms with Crippen LogP contribution in [0.4, 0.5) is 0 Å². The van der Waals surface area contributed by atoms with Crippen molar-refractivity contribution < 1.29 is 0 Å². The number of hydrogen-bond acceptors (Lipinski definition) is 1. The Bertz CT molecular complexity index is 3470. The number of nitrogens with zero attached hydrogens (tertiary/aromatic N) is 2. The van der Waals surface area contributed by atoms with Crippen LogP contribution >= 0.6 is 21.4 Å². The zero-order valence-electron chi connectivity index (χ0n) is 31.5. The molecule has 58 heavy (non-hydrogen) atoms. The van der Waals surface area contributed by atoms with Gasteiger partial charge in [0.2, 0.25) is 0 Å². The Morgan fingerprint density at radius 3 is 1.48 bits per heavy atom. The highest BCUT2D eigenvalue weighted by Crippen LogP contribution is 2.74. The molecule has 0 fully saturated rings. The molecule has 0 spiro atoms. The minimum absolute atomic E-state index is 1.16. The molecule has 9 aromatic carbocycles. The first-order chi connectivity index (χ1) is 28.8. The van der Waals surface area contributed by atoms with Gasteiger partial charge in [-0.2, -0.15) is 0 Å². The van der Waals surface area contributed by atoms with E-state index in [1.54, 1.807) is 0 Å². The van der Waals surface area contributed by atoms with Crippen LogP contribution < -0.4 is 0 Å². The van der Waals surface area contributed by atoms with E-state index in [-0.39, 0.29) is 0 Å². The van der Waals surface area contributed by atoms with Gasteiger partial charge in [-0.3, -0.25) is 0 Å². The predicted molar refractivity (Wildman–Crippen MR) is 248 cm³/mol. The third-order valence-corrected chi connectivity index (χ3v) is 16.8. The Hall–Kier alpha value is -6.85. The highest BCUT2D eigenvalue weighted by molar-refractivity contribution is 8.34. The summed E-state index contributed by atoms with van der Waals surface area (Å²) in [5.41, 5.74) is 7.18. The Balaban J connectivity index is 1.17. The molecule has 4 heteroatoms. The molecular weight excluding hydrogens is 741 g/mol. The molecule has 0 atom stereocenters. The minimum Gasteiger partial charge on any atom is -0.309 e. The standard InChI is InChI=1S/C54H36N2S2/c1-4-17-37(18-5-1)55-49-28-13-10-25-43(49)45-32-31-42(34-51(45)55)58(39-20-6-2-7-21-39,40-22-8-3-9-23-40)41-24-16-19-38(33-41)56-50-29-14-11-26-44(50)47-35-48-46-27-12-15-30-53(46)57-54(48)36-52(47)56/h1-36H. The van der Waals surface area contributed by atoms with Crippen molar-refractivity contribution in [2.75, 3.05) is 0 Å². The zero-order chi connectivity index (χ0) is 38.2. The fourth-order valence-corrected chi connectivity index (χ4v) is 14.4. The van der Waals surface area contributed by atoms with Crippen LogP contribution in [-0.4, -0.2) is 9.13 Å². The summed E-state index contributed by atoms with van der Waals surface area (Å²) in [6, 6.07) is 81.3. The van der Waals surface area contributed by atoms with E-state index >= 15 is 0 Å². The van der Waals surface area contributed by atoms with Crippen LogP contribution in [0.1, 0.15) is 0 Å². The summed E-state index contributed by atoms with van der Waals surface area (Å²) in [4.78, 5) is 5.19. The molecule has 12 aromatic rings. The second-order valence-corrected chi connectivity index (χ2v) is 19.1. The van der Waals surface area contributed by atoms with Crippen molar-refractivity contribution in [1.82, 2.24) is 9.13 Å². The van der Waals surface area contributed by atoms with Crippen LogP contribution in [0.3, 0.4) is 0 Å². The molecule has 0 saturated heterocycles. The van der Waals surface area contributed by atoms with Gasteiger partial charge < -0.3 is 9.13 Å². The molecule has 274 valence electrons. The summed E-state index contributed by atoms with van der Waals surface area (Å²) in [7, 11) is -2.04. The van der Waals surface area contributed by atoms with Crippen molar-refractivity contribution >= 4 is 85.1 Å². The van der Waals surface area contributed by atoms with E-state index in [2.05, 4.69) is 228 Å². The lowest BCUT2D eigenvalue weighted by Gasteiger charge is -2.42. The van der Waals surface area contributed by atoms with E-state index < -0.39 is 10.0 Å². The van der Waals surface area contributed by atoms with Crippen LogP contribution in [-0.2, 0) is 0 Å². The molecule has 0 saturated carbocycles. The lowest BCUT2D eigenvalue weighted by Crippen LogP contribution is -2.06. The van der Waals surface area contributed by atoms with E-state index in [9.17, 15) is 0 Å². The second kappa shape index (κ2) is 13.1. The summed E-state index contributed by atoms with van der Waals surface area (Å²) in [6.45, 7) is 0. The first-order valence-electron chi connectivity index (χ1n) is 19.7. The molecule has 3 aromatic heterocycles. The summed E-state index contributed by atoms with van der Waals surface area (Å²) in [6.07, 6.45) is 0. The molecule has 12 rings (SSSR count). The van der Waals surface area contributed by atoms with Gasteiger partial charge in [0.05, 0.1) is 22.1 Å². The second-order valence-electron chi connectivity index (χ2n) is 14.9. The molecular formula is C54H36N2S2. The van der Waals surface area contributed by atoms with E-state index in [4.69, 9.17) is 0 Å². The van der Waals surface area contributed by atoms with Crippen molar-refractivity contribution in [3.8, 4) is 11.4 Å². The van der Waals surface area contributed by atoms with Gasteiger partial charge in [-0.05, 0) is 97.1 Å². The number of aromatic nitrogens is 2. The topological polar surface area (TPSA) is 9.86 Å². The van der Waals surface area contributed by atoms with E-state index in [1.807, 2.05) is 11.3 Å². The number of benzene rings is 9. The first-order valence-corrected chi connectivity index (χ1v) is 22.2. The van der Waals surface area contributed by atoms with Gasteiger partial charge in [-0.15, -0.1) is 21.4 Å². The van der Waals surface area contributed by atoms with Crippen molar-refractivity contribution in [3.63, 3.8) is 0 Å². The summed E-state index contributed by atoms with van der Waals surface area (Å²) < 4.78 is 7.57. The minimum atomic E-state index is -2.04. The Morgan fingerprint density at radius 1 is 0.276 bits per heavy atom. The predicted octanol–water partition coefficient (Wildman–Crippen LogP) is 15.6. The molecule has 0 aliphatic carbocycles. The van der Waals surface area contributed by atoms with Gasteiger partial charge in [-0.1, -0.05) is 121 Å². The SMILES string of the molecule is c1ccc(-n2c3ccccc3c3ccc(S(c4ccccc4)(c4ccccc4)c4cccc(-n5c6ccccc6c6cc7c(cc65)sc5ccccc57)c4)cc32)cc1. The van der Waals surface area contributed by atoms with Gasteiger partial charge in [-0.25, -0.2) is 0 Å². The molecule has 0 aliphatic rings. The molecule has 0 amide bonds. The van der Waals surface area contributed by atoms with Crippen LogP contribution in [0.15, 0.2) is 238 Å². The van der Waals surface area contributed by atoms with E-state index in [1.165, 1.54) is 83.4 Å². The van der Waals surface area contributed by atoms with Gasteiger partial charge in [0, 0.05) is 72.7 Å². The van der Waals surface area contributed by atoms with Crippen molar-refractivity contribution in [1.29, 1.82) is 0 Å². The van der Waals surface area contributed by atoms with Gasteiger partial charge in [0.15, 0.2) is 0 Å². The van der Waals surface area contributed by atoms with Crippen LogP contribution in [0.5, 0.6) is 0 Å². The van der Waals surface area contributed by atoms with E-state index in [0.29, 0.717) is 0 Å². The molecule has 2 nitrogen and oxygen atoms in total. The number of para-hydroxylation sites is 3. The monoisotopic (exact) mass is 776 g/mol. The fourth-order valence-electron chi connectivity index (χ4n) is 9.34. The molecule has 0 aliphatic heterocycles. The highest BCUT2D eigenvalue weighted by Gasteiger charge is 2.34. The van der Waals surface area contributed by atoms with Crippen molar-refractivity contribution in [3.05, 3.63) is 218 Å². The number of rotatable bonds is 6. The maximum Gasteiger partial charge on any atom is 0.0555 e. The average molecular weight is 777 g/mol. The van der Waals surface area contributed by atoms with E-state index in [0.717, 1.165) is 11.4 Å². The molecule has 0 bridgehead atoms. The molecule has 3 heterocycles. The largest absolute Gasteiger partial charge is 0.309 e. The third-order valence-electron chi connectivity index (χ3n) is 11.8. The average Bonchev–Trinajstić information content (AvgIpc) is 3.94. The lowest BCUT2D eigenvalue weighted by molar-refractivity contribution is 1.15. The Morgan fingerprint density at radius 2 is 0.776 bits per heavy atom. The van der Waals surface area contributed by atoms with Gasteiger partial charge in [0.25, 0.3) is 0 Å². The summed E-state index contributed by atoms with van der Waals surface area (Å²) in [5, 5.41) is 7.71. The fraction of sp³-hybridized carbons (Fsp3) is 0. The van der Waals surface area contributed by atoms with Crippen molar-refractivity contribution in [2.45, 2.75) is 19.6 Å². The lowest BCUT2D eigenvalue weighted by atomic mass is 10.1. The van der Waals surface area contributed by atoms with Crippen LogP contribution in [0.2, 0.25) is 0 Å². The molecule has 0 N–H and O–H groups in total. The quantitative estimate of drug-likeness (QED) is 0.159. The molecule has 0 radical (unpaired) electrons. The van der Waals surface area contributed by atoms with Gasteiger partial charge in [0.1, 0.15) is 0 Å². The van der Waals surface area contributed by atoms with Crippen LogP contribution in [0.25, 0.3) is 75.2 Å². The summed E-state index contributed by atoms with van der Waals surface area (Å²) >= 11 is 1.88. The first kappa shape index (κ1) is 33.3.